The number of rotatable bonds is 18. The molecule has 0 aliphatic carbocycles. The number of aromatic nitrogens is 8. The molecule has 11 atom stereocenters. The molecule has 4 aromatic heterocycles. The highest BCUT2D eigenvalue weighted by molar-refractivity contribution is 5.85. The van der Waals surface area contributed by atoms with Crippen LogP contribution >= 0.6 is 0 Å². The normalized spacial score (nSPS) is 25.0. The van der Waals surface area contributed by atoms with E-state index in [1.54, 1.807) is 42.9 Å². The van der Waals surface area contributed by atoms with E-state index in [1.165, 1.54) is 26.9 Å². The molecule has 0 radical (unpaired) electrons. The molecular weight excluding hydrogens is 1140 g/mol. The highest BCUT2D eigenvalue weighted by atomic mass is 16.9. The maximum absolute atomic E-state index is 10.6. The number of imidazole rings is 2. The van der Waals surface area contributed by atoms with Crippen molar-refractivity contribution in [2.75, 3.05) is 45.7 Å². The molecule has 89 heavy (non-hydrogen) atoms. The van der Waals surface area contributed by atoms with Crippen LogP contribution in [-0.2, 0) is 49.0 Å². The lowest BCUT2D eigenvalue weighted by molar-refractivity contribution is -0.271. The van der Waals surface area contributed by atoms with Crippen LogP contribution in [0.25, 0.3) is 22.3 Å². The number of fused-ring (bicyclic) bond motifs is 4. The molecule has 0 saturated carbocycles. The minimum Gasteiger partial charge on any atom is -0.497 e. The molecule has 0 spiro atoms. The second-order valence-corrected chi connectivity index (χ2v) is 22.4. The van der Waals surface area contributed by atoms with Crippen molar-refractivity contribution >= 4 is 34.0 Å². The lowest BCUT2D eigenvalue weighted by Gasteiger charge is -2.37. The van der Waals surface area contributed by atoms with Crippen LogP contribution in [0.3, 0.4) is 0 Å². The van der Waals surface area contributed by atoms with E-state index in [0.717, 1.165) is 44.9 Å². The van der Waals surface area contributed by atoms with Gasteiger partial charge in [0.05, 0.1) is 39.6 Å². The fourth-order valence-electron chi connectivity index (χ4n) is 12.9. The number of methoxy groups -OCH3 is 4. The zero-order valence-corrected chi connectivity index (χ0v) is 49.9. The summed E-state index contributed by atoms with van der Waals surface area (Å²) in [7, 11) is 6.32. The number of anilines is 2. The van der Waals surface area contributed by atoms with Gasteiger partial charge in [-0.25, -0.2) is 29.9 Å². The average Bonchev–Trinajstić information content (AvgIpc) is 1.66. The van der Waals surface area contributed by atoms with Crippen LogP contribution < -0.4 is 20.1 Å². The first-order chi connectivity index (χ1) is 43.4. The third kappa shape index (κ3) is 10.2. The van der Waals surface area contributed by atoms with E-state index < -0.39 is 78.2 Å². The smallest absolute Gasteiger partial charge is 0.272 e. The van der Waals surface area contributed by atoms with Crippen molar-refractivity contribution in [3.8, 4) is 11.5 Å². The molecule has 4 aliphatic heterocycles. The van der Waals surface area contributed by atoms with Gasteiger partial charge < -0.3 is 68.2 Å². The number of hydrogen-bond donors (Lipinski definition) is 4. The van der Waals surface area contributed by atoms with Gasteiger partial charge in [-0.05, 0) is 78.4 Å². The summed E-state index contributed by atoms with van der Waals surface area (Å²) in [5.74, 6) is 2.55. The predicted octanol–water partition coefficient (Wildman–Crippen LogP) is 8.85. The van der Waals surface area contributed by atoms with E-state index >= 15 is 0 Å². The third-order valence-electron chi connectivity index (χ3n) is 17.3. The zero-order chi connectivity index (χ0) is 61.5. The van der Waals surface area contributed by atoms with Gasteiger partial charge in [0.25, 0.3) is 13.0 Å². The van der Waals surface area contributed by atoms with E-state index in [1.807, 2.05) is 111 Å². The molecule has 0 bridgehead atoms. The van der Waals surface area contributed by atoms with Gasteiger partial charge in [-0.2, -0.15) is 0 Å². The van der Waals surface area contributed by atoms with Crippen molar-refractivity contribution in [3.63, 3.8) is 0 Å². The molecule has 4 N–H and O–H groups in total. The summed E-state index contributed by atoms with van der Waals surface area (Å²) in [4.78, 5) is 28.2. The summed E-state index contributed by atoms with van der Waals surface area (Å²) < 4.78 is 62.1. The maximum Gasteiger partial charge on any atom is 0.272 e. The van der Waals surface area contributed by atoms with Crippen molar-refractivity contribution in [1.82, 2.24) is 39.0 Å². The summed E-state index contributed by atoms with van der Waals surface area (Å²) in [6, 6.07) is 56.9. The molecular formula is C67H68N10O12. The van der Waals surface area contributed by atoms with Gasteiger partial charge in [0.2, 0.25) is 0 Å². The van der Waals surface area contributed by atoms with Crippen molar-refractivity contribution in [2.24, 2.45) is 0 Å². The van der Waals surface area contributed by atoms with Gasteiger partial charge in [0, 0.05) is 14.2 Å². The molecule has 22 heteroatoms. The van der Waals surface area contributed by atoms with Gasteiger partial charge in [-0.15, -0.1) is 0 Å². The Labute approximate surface area is 513 Å². The van der Waals surface area contributed by atoms with E-state index in [9.17, 15) is 10.2 Å². The van der Waals surface area contributed by atoms with Gasteiger partial charge in [0.1, 0.15) is 70.8 Å². The summed E-state index contributed by atoms with van der Waals surface area (Å²) >= 11 is 0. The first-order valence-electron chi connectivity index (χ1n) is 29.1. The Morgan fingerprint density at radius 3 is 1.24 bits per heavy atom. The molecule has 4 unspecified atom stereocenters. The predicted molar refractivity (Wildman–Crippen MR) is 326 cm³/mol. The maximum atomic E-state index is 10.6. The molecule has 4 aliphatic rings. The molecule has 458 valence electrons. The third-order valence-corrected chi connectivity index (χ3v) is 17.3. The number of aliphatic hydroxyl groups is 2. The molecule has 8 heterocycles. The van der Waals surface area contributed by atoms with Gasteiger partial charge in [-0.1, -0.05) is 146 Å². The Balaban J connectivity index is 0.000000164. The molecule has 14 rings (SSSR count). The fourth-order valence-corrected chi connectivity index (χ4v) is 12.9. The van der Waals surface area contributed by atoms with Crippen LogP contribution in [0.4, 0.5) is 11.6 Å². The fraction of sp³-hybridized carbons (Fsp3) is 0.313. The quantitative estimate of drug-likeness (QED) is 0.0586. The van der Waals surface area contributed by atoms with Crippen LogP contribution in [0.2, 0.25) is 0 Å². The lowest BCUT2D eigenvalue weighted by atomic mass is 9.77. The van der Waals surface area contributed by atoms with Crippen molar-refractivity contribution in [1.29, 1.82) is 0 Å². The number of ether oxygens (including phenoxy) is 10. The van der Waals surface area contributed by atoms with Crippen LogP contribution in [0.15, 0.2) is 195 Å². The second kappa shape index (κ2) is 24.3. The van der Waals surface area contributed by atoms with Crippen molar-refractivity contribution < 1.29 is 57.6 Å². The van der Waals surface area contributed by atoms with Crippen LogP contribution in [-0.4, -0.2) is 139 Å². The Morgan fingerprint density at radius 1 is 0.494 bits per heavy atom. The summed E-state index contributed by atoms with van der Waals surface area (Å²) in [5.41, 5.74) is 4.40. The first-order valence-corrected chi connectivity index (χ1v) is 29.1. The molecule has 4 fully saturated rings. The zero-order valence-electron chi connectivity index (χ0n) is 49.9. The minimum atomic E-state index is -0.991. The Morgan fingerprint density at radius 2 is 0.865 bits per heavy atom. The van der Waals surface area contributed by atoms with E-state index in [-0.39, 0.29) is 6.61 Å². The highest BCUT2D eigenvalue weighted by Gasteiger charge is 2.65. The summed E-state index contributed by atoms with van der Waals surface area (Å²) in [5, 5.41) is 28.2. The molecule has 6 aromatic carbocycles. The Kier molecular flexibility index (Phi) is 16.2. The van der Waals surface area contributed by atoms with Crippen LogP contribution in [0, 0.1) is 0 Å². The van der Waals surface area contributed by atoms with Gasteiger partial charge in [-0.3, -0.25) is 9.13 Å². The van der Waals surface area contributed by atoms with Crippen molar-refractivity contribution in [2.45, 2.75) is 99.0 Å². The molecule has 10 aromatic rings. The monoisotopic (exact) mass is 1200 g/mol. The minimum absolute atomic E-state index is 0.247. The van der Waals surface area contributed by atoms with E-state index in [2.05, 4.69) is 93.4 Å². The van der Waals surface area contributed by atoms with Crippen LogP contribution in [0.5, 0.6) is 11.5 Å². The lowest BCUT2D eigenvalue weighted by Crippen LogP contribution is -2.43. The van der Waals surface area contributed by atoms with E-state index in [0.29, 0.717) is 34.0 Å². The number of nitrogens with zero attached hydrogens (tertiary/aromatic N) is 8. The first kappa shape index (κ1) is 59.2. The Bertz CT molecular complexity index is 3940. The number of aliphatic hydroxyl groups excluding tert-OH is 2. The molecule has 4 saturated heterocycles. The standard InChI is InChI=1S/C34H35N5O6.C33H33N5O6/c1-21(40)27-28-33(2,45-32(42-4)44-28)31(43-27)39-20-37-26-29(35-19-36-30(26)39)38-34(22-11-7-5-8-12-22,23-13-9-6-10-14-23)24-15-17-25(41-3)18-16-24;1-32-27(43-31(41-3)44-32)25(18-39)42-30(32)38-20-36-26-28(34-19-35-29(26)38)37-33(21-10-6-4-7-11-21,22-12-8-5-9-13-22)23-14-16-24(40-2)17-15-23/h5-21,27-28,31-32,40H,1-4H3,(H,35,36,38);4-17,19-20,25,27,30-31,39H,18H2,1-3H3,(H,34,35,37)/t21-,27?,28+,31+,32?,33+;25?,27-,30-,31?,32-/m01/s1. The largest absolute Gasteiger partial charge is 0.497 e. The van der Waals surface area contributed by atoms with Crippen LogP contribution in [0.1, 0.15) is 66.6 Å². The molecule has 0 amide bonds. The number of benzene rings is 6. The number of hydrogen-bond acceptors (Lipinski definition) is 20. The topological polar surface area (TPSA) is 244 Å². The number of nitrogens with one attached hydrogen (secondary N) is 2. The van der Waals surface area contributed by atoms with Gasteiger partial charge in [0.15, 0.2) is 46.4 Å². The SMILES string of the molecule is COc1ccc(C(Nc2ncnc3c2ncn3[C@@H]2OC(CO)[C@H]3OC(OC)O[C@]32C)(c2ccccc2)c2ccccc2)cc1.COc1ccc(C(Nc2ncnc3c2ncn3[C@@H]2OC([C@H](C)O)[C@H]3OC(OC)O[C@]32C)(c2ccccc2)c2ccccc2)cc1. The van der Waals surface area contributed by atoms with Crippen molar-refractivity contribution in [3.05, 3.63) is 229 Å². The Hall–Kier alpha value is -8.78. The summed E-state index contributed by atoms with van der Waals surface area (Å²) in [6.07, 6.45) is 1.66. The van der Waals surface area contributed by atoms with Gasteiger partial charge >= 0.3 is 0 Å². The summed E-state index contributed by atoms with van der Waals surface area (Å²) in [6.45, 7) is 3.41. The second-order valence-electron chi connectivity index (χ2n) is 22.4. The van der Waals surface area contributed by atoms with E-state index in [4.69, 9.17) is 67.3 Å². The highest BCUT2D eigenvalue weighted by Crippen LogP contribution is 2.52. The average molecular weight is 1210 g/mol. The molecule has 22 nitrogen and oxygen atoms in total.